The van der Waals surface area contributed by atoms with E-state index in [-0.39, 0.29) is 11.9 Å². The van der Waals surface area contributed by atoms with Gasteiger partial charge in [0.05, 0.1) is 5.92 Å². The molecule has 0 radical (unpaired) electrons. The quantitative estimate of drug-likeness (QED) is 0.468. The number of hydrogen-bond donors (Lipinski definition) is 0. The molecule has 0 N–H and O–H groups in total. The Morgan fingerprint density at radius 1 is 1.58 bits per heavy atom. The van der Waals surface area contributed by atoms with Crippen molar-refractivity contribution in [3.05, 3.63) is 12.2 Å². The van der Waals surface area contributed by atoms with Crippen molar-refractivity contribution in [1.29, 1.82) is 0 Å². The van der Waals surface area contributed by atoms with Gasteiger partial charge in [-0.05, 0) is 18.9 Å². The Balaban J connectivity index is 3.64. The maximum Gasteiger partial charge on any atom is 0.308 e. The van der Waals surface area contributed by atoms with Crippen molar-refractivity contribution in [1.82, 2.24) is 0 Å². The molecule has 0 amide bonds. The Bertz CT molecular complexity index is 161. The standard InChI is InChI=1S/C10H18O2/c1-5-6-9(4)10(11)12-7-8(2)3/h9H,2,5-7H2,1,3-4H3. The third kappa shape index (κ3) is 4.94. The zero-order valence-electron chi connectivity index (χ0n) is 8.22. The molecule has 0 rings (SSSR count). The lowest BCUT2D eigenvalue weighted by atomic mass is 10.1. The highest BCUT2D eigenvalue weighted by atomic mass is 16.5. The average molecular weight is 170 g/mol. The number of carbonyl (C=O) groups is 1. The van der Waals surface area contributed by atoms with Crippen molar-refractivity contribution in [3.63, 3.8) is 0 Å². The van der Waals surface area contributed by atoms with Crippen LogP contribution >= 0.6 is 0 Å². The Labute approximate surface area is 74.6 Å². The molecule has 0 heterocycles. The third-order valence-electron chi connectivity index (χ3n) is 1.58. The summed E-state index contributed by atoms with van der Waals surface area (Å²) in [5.41, 5.74) is 0.882. The van der Waals surface area contributed by atoms with Crippen LogP contribution in [0, 0.1) is 5.92 Å². The first kappa shape index (κ1) is 11.2. The molecular formula is C10H18O2. The summed E-state index contributed by atoms with van der Waals surface area (Å²) < 4.78 is 4.98. The number of hydrogen-bond acceptors (Lipinski definition) is 2. The first-order chi connectivity index (χ1) is 5.57. The molecular weight excluding hydrogens is 152 g/mol. The van der Waals surface area contributed by atoms with Gasteiger partial charge in [-0.1, -0.05) is 26.8 Å². The van der Waals surface area contributed by atoms with Crippen LogP contribution in [0.3, 0.4) is 0 Å². The predicted molar refractivity (Wildman–Crippen MR) is 49.8 cm³/mol. The molecule has 70 valence electrons. The van der Waals surface area contributed by atoms with Gasteiger partial charge < -0.3 is 4.74 Å². The number of ether oxygens (including phenoxy) is 1. The largest absolute Gasteiger partial charge is 0.461 e. The van der Waals surface area contributed by atoms with Gasteiger partial charge in [0.1, 0.15) is 6.61 Å². The lowest BCUT2D eigenvalue weighted by Crippen LogP contribution is -2.15. The molecule has 0 saturated heterocycles. The Morgan fingerprint density at radius 3 is 2.58 bits per heavy atom. The first-order valence-corrected chi connectivity index (χ1v) is 4.39. The maximum absolute atomic E-state index is 11.2. The topological polar surface area (TPSA) is 26.3 Å². The molecule has 0 aromatic heterocycles. The zero-order chi connectivity index (χ0) is 9.56. The number of rotatable bonds is 5. The molecule has 0 saturated carbocycles. The van der Waals surface area contributed by atoms with Crippen LogP contribution in [0.5, 0.6) is 0 Å². The lowest BCUT2D eigenvalue weighted by Gasteiger charge is -2.09. The second kappa shape index (κ2) is 5.81. The average Bonchev–Trinajstić information content (AvgIpc) is 2.00. The third-order valence-corrected chi connectivity index (χ3v) is 1.58. The summed E-state index contributed by atoms with van der Waals surface area (Å²) >= 11 is 0. The second-order valence-electron chi connectivity index (χ2n) is 3.25. The molecule has 2 heteroatoms. The second-order valence-corrected chi connectivity index (χ2v) is 3.25. The monoisotopic (exact) mass is 170 g/mol. The van der Waals surface area contributed by atoms with Crippen molar-refractivity contribution in [2.75, 3.05) is 6.61 Å². The fourth-order valence-electron chi connectivity index (χ4n) is 0.887. The van der Waals surface area contributed by atoms with Gasteiger partial charge >= 0.3 is 5.97 Å². The molecule has 0 spiro atoms. The minimum atomic E-state index is -0.111. The van der Waals surface area contributed by atoms with Gasteiger partial charge in [0.2, 0.25) is 0 Å². The first-order valence-electron chi connectivity index (χ1n) is 4.39. The van der Waals surface area contributed by atoms with Gasteiger partial charge in [0.15, 0.2) is 0 Å². The number of carbonyl (C=O) groups excluding carboxylic acids is 1. The van der Waals surface area contributed by atoms with Crippen molar-refractivity contribution in [2.45, 2.75) is 33.6 Å². The van der Waals surface area contributed by atoms with Crippen LogP contribution in [0.2, 0.25) is 0 Å². The predicted octanol–water partition coefficient (Wildman–Crippen LogP) is 2.54. The van der Waals surface area contributed by atoms with Crippen LogP contribution in [-0.4, -0.2) is 12.6 Å². The van der Waals surface area contributed by atoms with Crippen LogP contribution in [0.4, 0.5) is 0 Å². The zero-order valence-corrected chi connectivity index (χ0v) is 8.22. The fourth-order valence-corrected chi connectivity index (χ4v) is 0.887. The van der Waals surface area contributed by atoms with Crippen LogP contribution in [0.1, 0.15) is 33.6 Å². The van der Waals surface area contributed by atoms with Crippen LogP contribution < -0.4 is 0 Å². The van der Waals surface area contributed by atoms with Crippen LogP contribution in [-0.2, 0) is 9.53 Å². The van der Waals surface area contributed by atoms with Gasteiger partial charge in [-0.2, -0.15) is 0 Å². The fraction of sp³-hybridized carbons (Fsp3) is 0.700. The molecule has 0 aliphatic heterocycles. The molecule has 0 bridgehead atoms. The summed E-state index contributed by atoms with van der Waals surface area (Å²) in [5, 5.41) is 0. The van der Waals surface area contributed by atoms with E-state index in [1.54, 1.807) is 0 Å². The summed E-state index contributed by atoms with van der Waals surface area (Å²) in [6.45, 7) is 9.81. The highest BCUT2D eigenvalue weighted by Gasteiger charge is 2.12. The van der Waals surface area contributed by atoms with Gasteiger partial charge in [-0.3, -0.25) is 4.79 Å². The van der Waals surface area contributed by atoms with Crippen molar-refractivity contribution < 1.29 is 9.53 Å². The minimum absolute atomic E-state index is 0.0225. The normalized spacial score (nSPS) is 12.2. The van der Waals surface area contributed by atoms with Gasteiger partial charge in [-0.15, -0.1) is 0 Å². The van der Waals surface area contributed by atoms with Gasteiger partial charge in [0, 0.05) is 0 Å². The van der Waals surface area contributed by atoms with E-state index < -0.39 is 0 Å². The van der Waals surface area contributed by atoms with E-state index in [0.717, 1.165) is 18.4 Å². The van der Waals surface area contributed by atoms with E-state index in [4.69, 9.17) is 4.74 Å². The van der Waals surface area contributed by atoms with E-state index in [1.807, 2.05) is 13.8 Å². The summed E-state index contributed by atoms with van der Waals surface area (Å²) in [6, 6.07) is 0. The van der Waals surface area contributed by atoms with Crippen molar-refractivity contribution in [2.24, 2.45) is 5.92 Å². The van der Waals surface area contributed by atoms with Gasteiger partial charge in [-0.25, -0.2) is 0 Å². The minimum Gasteiger partial charge on any atom is -0.461 e. The molecule has 1 atom stereocenters. The summed E-state index contributed by atoms with van der Waals surface area (Å²) in [4.78, 5) is 11.2. The highest BCUT2D eigenvalue weighted by molar-refractivity contribution is 5.72. The van der Waals surface area contributed by atoms with Crippen molar-refractivity contribution >= 4 is 5.97 Å². The van der Waals surface area contributed by atoms with E-state index in [0.29, 0.717) is 6.61 Å². The maximum atomic E-state index is 11.2. The van der Waals surface area contributed by atoms with E-state index in [9.17, 15) is 4.79 Å². The molecule has 0 fully saturated rings. The van der Waals surface area contributed by atoms with E-state index in [1.165, 1.54) is 0 Å². The molecule has 0 aromatic rings. The summed E-state index contributed by atoms with van der Waals surface area (Å²) in [7, 11) is 0. The summed E-state index contributed by atoms with van der Waals surface area (Å²) in [5.74, 6) is -0.0887. The molecule has 12 heavy (non-hydrogen) atoms. The van der Waals surface area contributed by atoms with Crippen LogP contribution in [0.15, 0.2) is 12.2 Å². The van der Waals surface area contributed by atoms with Crippen molar-refractivity contribution in [3.8, 4) is 0 Å². The molecule has 0 aromatic carbocycles. The Kier molecular flexibility index (Phi) is 5.43. The SMILES string of the molecule is C=C(C)COC(=O)C(C)CCC. The molecule has 1 unspecified atom stereocenters. The Morgan fingerprint density at radius 2 is 2.17 bits per heavy atom. The molecule has 0 aliphatic rings. The van der Waals surface area contributed by atoms with Crippen LogP contribution in [0.25, 0.3) is 0 Å². The summed E-state index contributed by atoms with van der Waals surface area (Å²) in [6.07, 6.45) is 1.92. The molecule has 2 nitrogen and oxygen atoms in total. The smallest absolute Gasteiger partial charge is 0.308 e. The Hall–Kier alpha value is -0.790. The molecule has 0 aliphatic carbocycles. The van der Waals surface area contributed by atoms with E-state index >= 15 is 0 Å². The van der Waals surface area contributed by atoms with Gasteiger partial charge in [0.25, 0.3) is 0 Å². The van der Waals surface area contributed by atoms with E-state index in [2.05, 4.69) is 13.5 Å². The number of esters is 1. The highest BCUT2D eigenvalue weighted by Crippen LogP contribution is 2.07. The lowest BCUT2D eigenvalue weighted by molar-refractivity contribution is -0.147.